The van der Waals surface area contributed by atoms with Gasteiger partial charge in [-0.25, -0.2) is 4.79 Å². The molecule has 3 rings (SSSR count). The van der Waals surface area contributed by atoms with Gasteiger partial charge in [0.25, 0.3) is 0 Å². The molecule has 1 N–H and O–H groups in total. The molecule has 1 aliphatic rings. The molecule has 0 bridgehead atoms. The number of nitrogens with zero attached hydrogens (tertiary/aromatic N) is 2. The van der Waals surface area contributed by atoms with Gasteiger partial charge in [-0.3, -0.25) is 0 Å². The van der Waals surface area contributed by atoms with Gasteiger partial charge in [0.05, 0.1) is 19.4 Å². The lowest BCUT2D eigenvalue weighted by molar-refractivity contribution is 0.0586. The van der Waals surface area contributed by atoms with Crippen molar-refractivity contribution in [3.8, 4) is 5.75 Å². The van der Waals surface area contributed by atoms with E-state index in [2.05, 4.69) is 10.5 Å². The number of ether oxygens (including phenoxy) is 1. The van der Waals surface area contributed by atoms with Crippen LogP contribution in [0.3, 0.4) is 0 Å². The monoisotopic (exact) mass is 415 g/mol. The number of amides is 2. The van der Waals surface area contributed by atoms with E-state index in [1.165, 1.54) is 0 Å². The summed E-state index contributed by atoms with van der Waals surface area (Å²) in [7, 11) is 1.63. The molecule has 2 aromatic rings. The van der Waals surface area contributed by atoms with Crippen molar-refractivity contribution in [3.05, 3.63) is 64.7 Å². The van der Waals surface area contributed by atoms with Crippen molar-refractivity contribution in [3.63, 3.8) is 0 Å². The van der Waals surface area contributed by atoms with E-state index in [1.54, 1.807) is 12.0 Å². The van der Waals surface area contributed by atoms with Gasteiger partial charge >= 0.3 is 6.03 Å². The van der Waals surface area contributed by atoms with Crippen LogP contribution in [0.15, 0.2) is 53.7 Å². The standard InChI is InChI=1S/C22H26ClN3O3/c1-15(2)24-22(27)26(13-16-5-4-6-19(11-16)28-3)14-20-12-21(25-29-20)17-7-9-18(23)10-8-17/h4-11,15,20H,12-14H2,1-3H3,(H,24,27)/t20-/m0/s1. The van der Waals surface area contributed by atoms with E-state index in [-0.39, 0.29) is 18.2 Å². The van der Waals surface area contributed by atoms with Crippen molar-refractivity contribution in [2.45, 2.75) is 39.0 Å². The first-order valence-corrected chi connectivity index (χ1v) is 9.99. The predicted molar refractivity (Wildman–Crippen MR) is 115 cm³/mol. The summed E-state index contributed by atoms with van der Waals surface area (Å²) in [5.74, 6) is 0.761. The Morgan fingerprint density at radius 2 is 2.07 bits per heavy atom. The molecule has 1 atom stereocenters. The van der Waals surface area contributed by atoms with Crippen molar-refractivity contribution >= 4 is 23.3 Å². The summed E-state index contributed by atoms with van der Waals surface area (Å²) < 4.78 is 5.29. The summed E-state index contributed by atoms with van der Waals surface area (Å²) in [6.45, 7) is 4.76. The van der Waals surface area contributed by atoms with E-state index in [0.717, 1.165) is 22.6 Å². The van der Waals surface area contributed by atoms with Crippen LogP contribution in [0, 0.1) is 0 Å². The lowest BCUT2D eigenvalue weighted by Gasteiger charge is -2.26. The minimum absolute atomic E-state index is 0.0423. The summed E-state index contributed by atoms with van der Waals surface area (Å²) >= 11 is 5.96. The Hall–Kier alpha value is -2.73. The number of methoxy groups -OCH3 is 1. The fourth-order valence-electron chi connectivity index (χ4n) is 3.13. The molecule has 0 saturated heterocycles. The second-order valence-corrected chi connectivity index (χ2v) is 7.75. The van der Waals surface area contributed by atoms with Crippen molar-refractivity contribution in [1.29, 1.82) is 0 Å². The maximum Gasteiger partial charge on any atom is 0.318 e. The zero-order chi connectivity index (χ0) is 20.8. The van der Waals surface area contributed by atoms with Gasteiger partial charge in [-0.2, -0.15) is 0 Å². The van der Waals surface area contributed by atoms with Crippen LogP contribution < -0.4 is 10.1 Å². The number of oxime groups is 1. The molecule has 6 nitrogen and oxygen atoms in total. The van der Waals surface area contributed by atoms with Crippen LogP contribution in [0.2, 0.25) is 5.02 Å². The second-order valence-electron chi connectivity index (χ2n) is 7.31. The maximum absolute atomic E-state index is 12.8. The van der Waals surface area contributed by atoms with Gasteiger partial charge in [-0.1, -0.05) is 41.0 Å². The fraction of sp³-hybridized carbons (Fsp3) is 0.364. The number of hydrogen-bond donors (Lipinski definition) is 1. The average Bonchev–Trinajstić information content (AvgIpc) is 3.16. The SMILES string of the molecule is COc1cccc(CN(C[C@@H]2CC(c3ccc(Cl)cc3)=NO2)C(=O)NC(C)C)c1. The molecule has 0 fully saturated rings. The molecule has 2 amide bonds. The Labute approximate surface area is 176 Å². The van der Waals surface area contributed by atoms with E-state index in [0.29, 0.717) is 24.5 Å². The number of hydrogen-bond acceptors (Lipinski definition) is 4. The first-order chi connectivity index (χ1) is 13.9. The van der Waals surface area contributed by atoms with Crippen molar-refractivity contribution < 1.29 is 14.4 Å². The third-order valence-electron chi connectivity index (χ3n) is 4.54. The Kier molecular flexibility index (Phi) is 6.99. The van der Waals surface area contributed by atoms with Crippen molar-refractivity contribution in [1.82, 2.24) is 10.2 Å². The summed E-state index contributed by atoms with van der Waals surface area (Å²) in [6.07, 6.45) is 0.426. The molecule has 0 unspecified atom stereocenters. The molecule has 0 aromatic heterocycles. The Morgan fingerprint density at radius 3 is 2.76 bits per heavy atom. The highest BCUT2D eigenvalue weighted by Gasteiger charge is 2.27. The number of carbonyl (C=O) groups excluding carboxylic acids is 1. The summed E-state index contributed by atoms with van der Waals surface area (Å²) in [6, 6.07) is 15.1. The number of urea groups is 1. The number of carbonyl (C=O) groups is 1. The van der Waals surface area contributed by atoms with Crippen molar-refractivity contribution in [2.75, 3.05) is 13.7 Å². The van der Waals surface area contributed by atoms with E-state index < -0.39 is 0 Å². The van der Waals surface area contributed by atoms with Crippen LogP contribution in [0.4, 0.5) is 4.79 Å². The minimum Gasteiger partial charge on any atom is -0.497 e. The van der Waals surface area contributed by atoms with Gasteiger partial charge in [0.1, 0.15) is 5.75 Å². The molecular weight excluding hydrogens is 390 g/mol. The van der Waals surface area contributed by atoms with E-state index >= 15 is 0 Å². The first kappa shape index (κ1) is 21.0. The third kappa shape index (κ3) is 5.87. The van der Waals surface area contributed by atoms with Crippen LogP contribution in [0.1, 0.15) is 31.4 Å². The lowest BCUT2D eigenvalue weighted by Crippen LogP contribution is -2.45. The summed E-state index contributed by atoms with van der Waals surface area (Å²) in [4.78, 5) is 20.1. The van der Waals surface area contributed by atoms with Crippen LogP contribution in [-0.2, 0) is 11.4 Å². The molecule has 0 radical (unpaired) electrons. The van der Waals surface area contributed by atoms with E-state index in [9.17, 15) is 4.79 Å². The van der Waals surface area contributed by atoms with Gasteiger partial charge in [0, 0.05) is 24.0 Å². The van der Waals surface area contributed by atoms with Crippen LogP contribution in [-0.4, -0.2) is 42.4 Å². The van der Waals surface area contributed by atoms with Gasteiger partial charge in [0.2, 0.25) is 0 Å². The Morgan fingerprint density at radius 1 is 1.31 bits per heavy atom. The van der Waals surface area contributed by atoms with Crippen LogP contribution >= 0.6 is 11.6 Å². The predicted octanol–water partition coefficient (Wildman–Crippen LogP) is 4.46. The smallest absolute Gasteiger partial charge is 0.318 e. The molecule has 1 heterocycles. The number of nitrogens with one attached hydrogen (secondary N) is 1. The minimum atomic E-state index is -0.204. The molecule has 29 heavy (non-hydrogen) atoms. The summed E-state index contributed by atoms with van der Waals surface area (Å²) in [5.41, 5.74) is 2.82. The lowest BCUT2D eigenvalue weighted by atomic mass is 10.0. The highest BCUT2D eigenvalue weighted by molar-refractivity contribution is 6.30. The van der Waals surface area contributed by atoms with E-state index in [1.807, 2.05) is 62.4 Å². The molecular formula is C22H26ClN3O3. The molecule has 0 saturated carbocycles. The quantitative estimate of drug-likeness (QED) is 0.726. The van der Waals surface area contributed by atoms with Gasteiger partial charge < -0.3 is 19.8 Å². The van der Waals surface area contributed by atoms with Crippen molar-refractivity contribution in [2.24, 2.45) is 5.16 Å². The maximum atomic E-state index is 12.8. The highest BCUT2D eigenvalue weighted by Crippen LogP contribution is 2.21. The number of rotatable bonds is 7. The molecule has 154 valence electrons. The molecule has 2 aromatic carbocycles. The molecule has 0 spiro atoms. The zero-order valence-corrected chi connectivity index (χ0v) is 17.6. The highest BCUT2D eigenvalue weighted by atomic mass is 35.5. The van der Waals surface area contributed by atoms with Gasteiger partial charge in [-0.05, 0) is 49.2 Å². The second kappa shape index (κ2) is 9.65. The normalized spacial score (nSPS) is 15.6. The van der Waals surface area contributed by atoms with Gasteiger partial charge in [0.15, 0.2) is 6.10 Å². The summed E-state index contributed by atoms with van der Waals surface area (Å²) in [5, 5.41) is 7.86. The van der Waals surface area contributed by atoms with Gasteiger partial charge in [-0.15, -0.1) is 0 Å². The fourth-order valence-corrected chi connectivity index (χ4v) is 3.26. The molecule has 7 heteroatoms. The van der Waals surface area contributed by atoms with Crippen LogP contribution in [0.5, 0.6) is 5.75 Å². The number of halogens is 1. The number of benzene rings is 2. The Balaban J connectivity index is 1.68. The topological polar surface area (TPSA) is 63.2 Å². The Bertz CT molecular complexity index is 868. The third-order valence-corrected chi connectivity index (χ3v) is 4.79. The van der Waals surface area contributed by atoms with E-state index in [4.69, 9.17) is 21.2 Å². The zero-order valence-electron chi connectivity index (χ0n) is 16.9. The molecule has 0 aliphatic carbocycles. The largest absolute Gasteiger partial charge is 0.497 e. The molecule has 1 aliphatic heterocycles. The van der Waals surface area contributed by atoms with Crippen LogP contribution in [0.25, 0.3) is 0 Å². The first-order valence-electron chi connectivity index (χ1n) is 9.61. The average molecular weight is 416 g/mol.